The van der Waals surface area contributed by atoms with Gasteiger partial charge in [0.25, 0.3) is 5.69 Å². The fraction of sp³-hybridized carbons (Fsp3) is 0.154. The van der Waals surface area contributed by atoms with Crippen molar-refractivity contribution >= 4 is 17.8 Å². The number of hydrogen-bond acceptors (Lipinski definition) is 5. The van der Waals surface area contributed by atoms with Gasteiger partial charge in [0, 0.05) is 31.8 Å². The second-order valence-electron chi connectivity index (χ2n) is 4.42. The lowest BCUT2D eigenvalue weighted by atomic mass is 10.1. The van der Waals surface area contributed by atoms with Crippen molar-refractivity contribution in [2.24, 2.45) is 4.99 Å². The van der Waals surface area contributed by atoms with Crippen molar-refractivity contribution < 1.29 is 4.92 Å². The van der Waals surface area contributed by atoms with Crippen molar-refractivity contribution in [3.05, 3.63) is 39.9 Å². The molecular formula is C13H12N6O2. The maximum Gasteiger partial charge on any atom is 0.270 e. The van der Waals surface area contributed by atoms with E-state index in [-0.39, 0.29) is 17.1 Å². The quantitative estimate of drug-likeness (QED) is 0.400. The molecule has 0 radical (unpaired) electrons. The van der Waals surface area contributed by atoms with E-state index in [9.17, 15) is 15.4 Å². The SMILES string of the molecule is CN(C)C=Nc1n[nH]c(-c2cccc([N+](=O)[O-])c2)c1C#N. The fourth-order valence-electron chi connectivity index (χ4n) is 1.69. The summed E-state index contributed by atoms with van der Waals surface area (Å²) >= 11 is 0. The van der Waals surface area contributed by atoms with E-state index in [4.69, 9.17) is 0 Å². The lowest BCUT2D eigenvalue weighted by Gasteiger charge is -2.01. The van der Waals surface area contributed by atoms with E-state index < -0.39 is 4.92 Å². The van der Waals surface area contributed by atoms with Gasteiger partial charge >= 0.3 is 0 Å². The van der Waals surface area contributed by atoms with Crippen molar-refractivity contribution in [1.82, 2.24) is 15.1 Å². The Bertz CT molecular complexity index is 741. The van der Waals surface area contributed by atoms with Gasteiger partial charge in [-0.15, -0.1) is 0 Å². The van der Waals surface area contributed by atoms with Crippen LogP contribution in [0.2, 0.25) is 0 Å². The molecule has 8 heteroatoms. The number of rotatable bonds is 4. The molecule has 1 aromatic carbocycles. The molecule has 0 aliphatic rings. The number of nitrogens with one attached hydrogen (secondary N) is 1. The van der Waals surface area contributed by atoms with Gasteiger partial charge in [0.1, 0.15) is 11.6 Å². The molecule has 0 aliphatic carbocycles. The summed E-state index contributed by atoms with van der Waals surface area (Å²) in [4.78, 5) is 16.1. The van der Waals surface area contributed by atoms with Crippen LogP contribution in [0, 0.1) is 21.4 Å². The largest absolute Gasteiger partial charge is 0.369 e. The lowest BCUT2D eigenvalue weighted by Crippen LogP contribution is -2.07. The molecule has 0 fully saturated rings. The van der Waals surface area contributed by atoms with Crippen LogP contribution < -0.4 is 0 Å². The van der Waals surface area contributed by atoms with E-state index in [1.54, 1.807) is 31.1 Å². The fourth-order valence-corrected chi connectivity index (χ4v) is 1.69. The van der Waals surface area contributed by atoms with Crippen LogP contribution in [-0.2, 0) is 0 Å². The highest BCUT2D eigenvalue weighted by molar-refractivity contribution is 5.75. The molecule has 0 unspecified atom stereocenters. The number of nitro benzene ring substituents is 1. The molecule has 0 amide bonds. The number of aliphatic imine (C=N–C) groups is 1. The molecule has 1 aromatic heterocycles. The molecule has 0 aliphatic heterocycles. The third kappa shape index (κ3) is 3.03. The van der Waals surface area contributed by atoms with Gasteiger partial charge in [-0.25, -0.2) is 4.99 Å². The molecule has 106 valence electrons. The molecule has 2 rings (SSSR count). The summed E-state index contributed by atoms with van der Waals surface area (Å²) in [6, 6.07) is 8.01. The number of nitro groups is 1. The van der Waals surface area contributed by atoms with E-state index >= 15 is 0 Å². The molecule has 0 spiro atoms. The van der Waals surface area contributed by atoms with Gasteiger partial charge in [0.05, 0.1) is 17.0 Å². The Labute approximate surface area is 120 Å². The summed E-state index contributed by atoms with van der Waals surface area (Å²) < 4.78 is 0. The van der Waals surface area contributed by atoms with Crippen molar-refractivity contribution in [3.8, 4) is 17.3 Å². The van der Waals surface area contributed by atoms with Crippen molar-refractivity contribution in [3.63, 3.8) is 0 Å². The minimum atomic E-state index is -0.489. The maximum absolute atomic E-state index is 10.8. The molecule has 2 aromatic rings. The highest BCUT2D eigenvalue weighted by Crippen LogP contribution is 2.29. The predicted molar refractivity (Wildman–Crippen MR) is 77.2 cm³/mol. The first kappa shape index (κ1) is 14.2. The highest BCUT2D eigenvalue weighted by Gasteiger charge is 2.16. The molecule has 0 atom stereocenters. The number of benzene rings is 1. The van der Waals surface area contributed by atoms with Crippen LogP contribution in [0.3, 0.4) is 0 Å². The summed E-state index contributed by atoms with van der Waals surface area (Å²) in [5.41, 5.74) is 1.12. The number of non-ortho nitro benzene ring substituents is 1. The average molecular weight is 284 g/mol. The Morgan fingerprint density at radius 1 is 1.52 bits per heavy atom. The second kappa shape index (κ2) is 5.83. The topological polar surface area (TPSA) is 111 Å². The van der Waals surface area contributed by atoms with Crippen LogP contribution in [0.1, 0.15) is 5.56 Å². The molecular weight excluding hydrogens is 272 g/mol. The molecule has 0 bridgehead atoms. The van der Waals surface area contributed by atoms with Crippen LogP contribution in [0.25, 0.3) is 11.3 Å². The first-order valence-corrected chi connectivity index (χ1v) is 5.97. The van der Waals surface area contributed by atoms with Crippen LogP contribution in [0.5, 0.6) is 0 Å². The Morgan fingerprint density at radius 2 is 2.29 bits per heavy atom. The van der Waals surface area contributed by atoms with Gasteiger partial charge in [0.15, 0.2) is 5.82 Å². The summed E-state index contributed by atoms with van der Waals surface area (Å²) in [6.07, 6.45) is 1.52. The van der Waals surface area contributed by atoms with Gasteiger partial charge in [0.2, 0.25) is 0 Å². The van der Waals surface area contributed by atoms with Gasteiger partial charge < -0.3 is 4.90 Å². The zero-order chi connectivity index (χ0) is 15.4. The summed E-state index contributed by atoms with van der Waals surface area (Å²) in [5.74, 6) is 0.243. The normalized spacial score (nSPS) is 10.5. The lowest BCUT2D eigenvalue weighted by molar-refractivity contribution is -0.384. The summed E-state index contributed by atoms with van der Waals surface area (Å²) in [7, 11) is 3.59. The smallest absolute Gasteiger partial charge is 0.270 e. The highest BCUT2D eigenvalue weighted by atomic mass is 16.6. The molecule has 1 N–H and O–H groups in total. The minimum Gasteiger partial charge on any atom is -0.369 e. The van der Waals surface area contributed by atoms with Gasteiger partial charge in [-0.05, 0) is 0 Å². The number of aromatic nitrogens is 2. The minimum absolute atomic E-state index is 0.0515. The number of H-pyrrole nitrogens is 1. The number of nitriles is 1. The molecule has 0 saturated carbocycles. The average Bonchev–Trinajstić information content (AvgIpc) is 2.88. The van der Waals surface area contributed by atoms with E-state index in [0.29, 0.717) is 11.3 Å². The van der Waals surface area contributed by atoms with E-state index in [0.717, 1.165) is 0 Å². The zero-order valence-electron chi connectivity index (χ0n) is 11.4. The van der Waals surface area contributed by atoms with E-state index in [1.807, 2.05) is 6.07 Å². The maximum atomic E-state index is 10.8. The Kier molecular flexibility index (Phi) is 3.95. The standard InChI is InChI=1S/C13H12N6O2/c1-18(2)8-15-13-11(7-14)12(16-17-13)9-4-3-5-10(6-9)19(20)21/h3-6,8H,1-2H3,(H,16,17). The summed E-state index contributed by atoms with van der Waals surface area (Å²) in [5, 5.41) is 26.7. The van der Waals surface area contributed by atoms with Crippen molar-refractivity contribution in [2.45, 2.75) is 0 Å². The Morgan fingerprint density at radius 3 is 2.90 bits per heavy atom. The van der Waals surface area contributed by atoms with Crippen LogP contribution in [-0.4, -0.2) is 40.5 Å². The zero-order valence-corrected chi connectivity index (χ0v) is 11.4. The van der Waals surface area contributed by atoms with E-state index in [2.05, 4.69) is 15.2 Å². The first-order chi connectivity index (χ1) is 10.0. The van der Waals surface area contributed by atoms with Gasteiger partial charge in [-0.2, -0.15) is 10.4 Å². The Hall–Kier alpha value is -3.21. The number of aromatic amines is 1. The van der Waals surface area contributed by atoms with Gasteiger partial charge in [-0.1, -0.05) is 12.1 Å². The van der Waals surface area contributed by atoms with E-state index in [1.165, 1.54) is 18.5 Å². The van der Waals surface area contributed by atoms with Gasteiger partial charge in [-0.3, -0.25) is 15.2 Å². The Balaban J connectivity index is 2.48. The van der Waals surface area contributed by atoms with Crippen LogP contribution in [0.15, 0.2) is 29.3 Å². The molecule has 8 nitrogen and oxygen atoms in total. The number of nitrogens with zero attached hydrogens (tertiary/aromatic N) is 5. The molecule has 1 heterocycles. The molecule has 0 saturated heterocycles. The molecule has 21 heavy (non-hydrogen) atoms. The predicted octanol–water partition coefficient (Wildman–Crippen LogP) is 2.08. The van der Waals surface area contributed by atoms with Crippen molar-refractivity contribution in [1.29, 1.82) is 5.26 Å². The van der Waals surface area contributed by atoms with Crippen molar-refractivity contribution in [2.75, 3.05) is 14.1 Å². The summed E-state index contributed by atoms with van der Waals surface area (Å²) in [6.45, 7) is 0. The van der Waals surface area contributed by atoms with Crippen LogP contribution >= 0.6 is 0 Å². The second-order valence-corrected chi connectivity index (χ2v) is 4.42. The third-order valence-electron chi connectivity index (χ3n) is 2.62. The monoisotopic (exact) mass is 284 g/mol. The first-order valence-electron chi connectivity index (χ1n) is 5.97. The van der Waals surface area contributed by atoms with Crippen LogP contribution in [0.4, 0.5) is 11.5 Å². The number of hydrogen-bond donors (Lipinski definition) is 1. The third-order valence-corrected chi connectivity index (χ3v) is 2.62.